The fourth-order valence-corrected chi connectivity index (χ4v) is 3.66. The van der Waals surface area contributed by atoms with E-state index in [1.165, 1.54) is 0 Å². The third-order valence-corrected chi connectivity index (χ3v) is 4.77. The van der Waals surface area contributed by atoms with Crippen LogP contribution in [0.1, 0.15) is 59.8 Å². The maximum Gasteiger partial charge on any atom is 0.293 e. The number of ketones is 1. The molecule has 5 heteroatoms. The SMILES string of the molecule is CCCCC[C@H]([CH][CH][CH]C(=O)C[C@@H](O[Si](C)(C)C)C(C)(C)C)OC=O. The first kappa shape index (κ1) is 24.3. The summed E-state index contributed by atoms with van der Waals surface area (Å²) < 4.78 is 11.3. The molecule has 4 nitrogen and oxygen atoms in total. The summed E-state index contributed by atoms with van der Waals surface area (Å²) in [5, 5.41) is 0. The molecule has 0 aliphatic carbocycles. The molecule has 0 bridgehead atoms. The van der Waals surface area contributed by atoms with E-state index in [0.717, 1.165) is 25.7 Å². The Balaban J connectivity index is 4.38. The van der Waals surface area contributed by atoms with Gasteiger partial charge in [-0.15, -0.1) is 0 Å². The van der Waals surface area contributed by atoms with Crippen LogP contribution in [0.4, 0.5) is 0 Å². The van der Waals surface area contributed by atoms with Crippen LogP contribution in [0.15, 0.2) is 0 Å². The van der Waals surface area contributed by atoms with Gasteiger partial charge in [-0.05, 0) is 44.3 Å². The largest absolute Gasteiger partial charge is 0.464 e. The highest BCUT2D eigenvalue weighted by Crippen LogP contribution is 2.28. The quantitative estimate of drug-likeness (QED) is 0.247. The Hall–Kier alpha value is -0.683. The summed E-state index contributed by atoms with van der Waals surface area (Å²) in [6.07, 6.45) is 9.08. The van der Waals surface area contributed by atoms with Crippen molar-refractivity contribution in [1.82, 2.24) is 0 Å². The number of Topliss-reactive ketones (excluding diaryl/α,β-unsaturated/α-hetero) is 1. The molecule has 0 spiro atoms. The number of unbranched alkanes of at least 4 members (excludes halogenated alkanes) is 2. The second-order valence-corrected chi connectivity index (χ2v) is 13.0. The van der Waals surface area contributed by atoms with E-state index in [4.69, 9.17) is 9.16 Å². The summed E-state index contributed by atoms with van der Waals surface area (Å²) in [7, 11) is -1.72. The molecule has 145 valence electrons. The zero-order valence-corrected chi connectivity index (χ0v) is 18.1. The van der Waals surface area contributed by atoms with Crippen LogP contribution in [0.2, 0.25) is 19.6 Å². The molecule has 0 saturated carbocycles. The molecule has 0 rings (SSSR count). The molecule has 0 aliphatic heterocycles. The number of carbonyl (C=O) groups is 2. The average molecular weight is 370 g/mol. The van der Waals surface area contributed by atoms with Gasteiger partial charge in [-0.1, -0.05) is 40.5 Å². The number of hydrogen-bond acceptors (Lipinski definition) is 4. The lowest BCUT2D eigenvalue weighted by molar-refractivity contribution is -0.132. The van der Waals surface area contributed by atoms with Gasteiger partial charge in [0.2, 0.25) is 0 Å². The molecule has 0 heterocycles. The van der Waals surface area contributed by atoms with Gasteiger partial charge in [-0.3, -0.25) is 9.59 Å². The standard InChI is InChI=1S/C20H37O4Si/c1-8-9-10-13-18(23-16-21)14-11-12-17(22)15-19(20(2,3)4)24-25(5,6)7/h11-12,14,16,18-19H,8-10,13,15H2,1-7H3/t18-,19-/m1/s1. The summed E-state index contributed by atoms with van der Waals surface area (Å²) in [5.74, 6) is 0.0350. The van der Waals surface area contributed by atoms with E-state index in [0.29, 0.717) is 12.9 Å². The van der Waals surface area contributed by atoms with Crippen molar-refractivity contribution < 1.29 is 18.8 Å². The van der Waals surface area contributed by atoms with Crippen LogP contribution in [0.5, 0.6) is 0 Å². The second kappa shape index (κ2) is 11.8. The van der Waals surface area contributed by atoms with Crippen molar-refractivity contribution in [3.8, 4) is 0 Å². The minimum Gasteiger partial charge on any atom is -0.464 e. The van der Waals surface area contributed by atoms with Gasteiger partial charge >= 0.3 is 0 Å². The minimum atomic E-state index is -1.72. The maximum atomic E-state index is 12.3. The van der Waals surface area contributed by atoms with Crippen molar-refractivity contribution in [3.05, 3.63) is 19.3 Å². The molecule has 3 radical (unpaired) electrons. The van der Waals surface area contributed by atoms with E-state index in [1.54, 1.807) is 19.3 Å². The molecule has 0 unspecified atom stereocenters. The van der Waals surface area contributed by atoms with Gasteiger partial charge in [0.05, 0.1) is 6.10 Å². The van der Waals surface area contributed by atoms with E-state index in [-0.39, 0.29) is 23.4 Å². The summed E-state index contributed by atoms with van der Waals surface area (Å²) in [4.78, 5) is 22.9. The fourth-order valence-electron chi connectivity index (χ4n) is 2.37. The first-order valence-corrected chi connectivity index (χ1v) is 12.7. The van der Waals surface area contributed by atoms with Gasteiger partial charge in [-0.2, -0.15) is 0 Å². The topological polar surface area (TPSA) is 52.6 Å². The average Bonchev–Trinajstić information content (AvgIpc) is 2.44. The van der Waals surface area contributed by atoms with E-state index in [1.807, 2.05) is 0 Å². The van der Waals surface area contributed by atoms with Gasteiger partial charge in [0, 0.05) is 19.3 Å². The highest BCUT2D eigenvalue weighted by molar-refractivity contribution is 6.69. The van der Waals surface area contributed by atoms with Crippen molar-refractivity contribution in [2.24, 2.45) is 5.41 Å². The molecular weight excluding hydrogens is 332 g/mol. The molecular formula is C20H37O4Si. The maximum absolute atomic E-state index is 12.3. The third-order valence-electron chi connectivity index (χ3n) is 3.78. The van der Waals surface area contributed by atoms with Crippen molar-refractivity contribution in [3.63, 3.8) is 0 Å². The monoisotopic (exact) mass is 369 g/mol. The predicted molar refractivity (Wildman–Crippen MR) is 105 cm³/mol. The summed E-state index contributed by atoms with van der Waals surface area (Å²) in [6, 6.07) is 0. The highest BCUT2D eigenvalue weighted by Gasteiger charge is 2.32. The molecule has 0 amide bonds. The summed E-state index contributed by atoms with van der Waals surface area (Å²) >= 11 is 0. The molecule has 0 aromatic rings. The number of carbonyl (C=O) groups excluding carboxylic acids is 2. The first-order chi connectivity index (χ1) is 11.5. The van der Waals surface area contributed by atoms with Gasteiger partial charge in [0.25, 0.3) is 6.47 Å². The third kappa shape index (κ3) is 13.2. The van der Waals surface area contributed by atoms with Gasteiger partial charge in [0.15, 0.2) is 8.32 Å². The smallest absolute Gasteiger partial charge is 0.293 e. The molecule has 0 saturated heterocycles. The number of ether oxygens (including phenoxy) is 1. The molecule has 0 aromatic heterocycles. The van der Waals surface area contributed by atoms with Crippen LogP contribution >= 0.6 is 0 Å². The first-order valence-electron chi connectivity index (χ1n) is 9.31. The molecule has 25 heavy (non-hydrogen) atoms. The Morgan fingerprint density at radius 3 is 2.28 bits per heavy atom. The minimum absolute atomic E-state index is 0.0350. The van der Waals surface area contributed by atoms with E-state index in [2.05, 4.69) is 47.3 Å². The van der Waals surface area contributed by atoms with Gasteiger partial charge in [-0.25, -0.2) is 0 Å². The van der Waals surface area contributed by atoms with Crippen LogP contribution < -0.4 is 0 Å². The van der Waals surface area contributed by atoms with Gasteiger partial charge < -0.3 is 9.16 Å². The van der Waals surface area contributed by atoms with E-state index >= 15 is 0 Å². The molecule has 0 aliphatic rings. The Labute approximate surface area is 156 Å². The lowest BCUT2D eigenvalue weighted by Crippen LogP contribution is -2.40. The molecule has 0 fully saturated rings. The number of rotatable bonds is 14. The van der Waals surface area contributed by atoms with Crippen LogP contribution in [-0.2, 0) is 18.8 Å². The lowest BCUT2D eigenvalue weighted by atomic mass is 9.85. The van der Waals surface area contributed by atoms with Crippen molar-refractivity contribution >= 4 is 20.6 Å². The van der Waals surface area contributed by atoms with Crippen LogP contribution in [0.25, 0.3) is 0 Å². The van der Waals surface area contributed by atoms with Crippen molar-refractivity contribution in [1.29, 1.82) is 0 Å². The van der Waals surface area contributed by atoms with Crippen LogP contribution in [0, 0.1) is 24.7 Å². The Kier molecular flexibility index (Phi) is 11.5. The normalized spacial score (nSPS) is 14.8. The lowest BCUT2D eigenvalue weighted by Gasteiger charge is -2.35. The Morgan fingerprint density at radius 1 is 1.16 bits per heavy atom. The Morgan fingerprint density at radius 2 is 1.80 bits per heavy atom. The summed E-state index contributed by atoms with van der Waals surface area (Å²) in [5.41, 5.74) is -0.0865. The second-order valence-electron chi connectivity index (χ2n) is 8.57. The fraction of sp³-hybridized carbons (Fsp3) is 0.750. The summed E-state index contributed by atoms with van der Waals surface area (Å²) in [6.45, 7) is 15.3. The van der Waals surface area contributed by atoms with Gasteiger partial charge in [0.1, 0.15) is 11.9 Å². The van der Waals surface area contributed by atoms with Crippen LogP contribution in [-0.4, -0.2) is 32.8 Å². The van der Waals surface area contributed by atoms with Crippen molar-refractivity contribution in [2.75, 3.05) is 0 Å². The molecule has 2 atom stereocenters. The zero-order valence-electron chi connectivity index (χ0n) is 17.1. The predicted octanol–water partition coefficient (Wildman–Crippen LogP) is 4.95. The Bertz CT molecular complexity index is 382. The zero-order chi connectivity index (χ0) is 19.5. The van der Waals surface area contributed by atoms with Crippen LogP contribution in [0.3, 0.4) is 0 Å². The number of hydrogen-bond donors (Lipinski definition) is 0. The van der Waals surface area contributed by atoms with E-state index in [9.17, 15) is 9.59 Å². The van der Waals surface area contributed by atoms with E-state index < -0.39 is 8.32 Å². The highest BCUT2D eigenvalue weighted by atomic mass is 28.4. The molecule has 0 aromatic carbocycles. The van der Waals surface area contributed by atoms with Crippen molar-refractivity contribution in [2.45, 2.75) is 91.6 Å². The molecule has 0 N–H and O–H groups in total.